The molecule has 8 heteroatoms. The monoisotopic (exact) mass is 649 g/mol. The SMILES string of the molecule is CCCCCCCCCCCC(=O)OCC(COC(=O)CC12C[C@@H](C)C[C@@H](C[C@@H](CC)C1)C2)COC(=O)OCCCN1CCCC1. The lowest BCUT2D eigenvalue weighted by molar-refractivity contribution is -0.153. The van der Waals surface area contributed by atoms with E-state index in [-0.39, 0.29) is 37.2 Å². The van der Waals surface area contributed by atoms with Crippen LogP contribution in [0.3, 0.4) is 0 Å². The van der Waals surface area contributed by atoms with Crippen molar-refractivity contribution in [2.75, 3.05) is 46.1 Å². The number of unbranched alkanes of at least 4 members (excludes halogenated alkanes) is 8. The first-order valence-corrected chi connectivity index (χ1v) is 19.1. The first-order valence-electron chi connectivity index (χ1n) is 19.1. The van der Waals surface area contributed by atoms with Gasteiger partial charge in [-0.1, -0.05) is 78.6 Å². The Kier molecular flexibility index (Phi) is 18.4. The van der Waals surface area contributed by atoms with Gasteiger partial charge in [0.1, 0.15) is 19.8 Å². The maximum Gasteiger partial charge on any atom is 0.508 e. The largest absolute Gasteiger partial charge is 0.508 e. The van der Waals surface area contributed by atoms with Gasteiger partial charge in [-0.2, -0.15) is 0 Å². The maximum atomic E-state index is 13.2. The molecule has 2 bridgehead atoms. The highest BCUT2D eigenvalue weighted by Gasteiger charge is 2.46. The van der Waals surface area contributed by atoms with Gasteiger partial charge in [-0.05, 0) is 94.0 Å². The van der Waals surface area contributed by atoms with Crippen molar-refractivity contribution < 1.29 is 33.3 Å². The van der Waals surface area contributed by atoms with Gasteiger partial charge in [0.25, 0.3) is 0 Å². The van der Waals surface area contributed by atoms with Crippen LogP contribution < -0.4 is 0 Å². The summed E-state index contributed by atoms with van der Waals surface area (Å²) in [4.78, 5) is 40.4. The Bertz CT molecular complexity index is 871. The molecule has 0 spiro atoms. The van der Waals surface area contributed by atoms with Crippen LogP contribution in [0.1, 0.15) is 149 Å². The van der Waals surface area contributed by atoms with Crippen LogP contribution in [0.25, 0.3) is 0 Å². The van der Waals surface area contributed by atoms with E-state index in [4.69, 9.17) is 18.9 Å². The highest BCUT2D eigenvalue weighted by Crippen LogP contribution is 2.55. The molecule has 1 heterocycles. The average Bonchev–Trinajstić information content (AvgIpc) is 3.54. The minimum absolute atomic E-state index is 0.0221. The van der Waals surface area contributed by atoms with Crippen molar-refractivity contribution in [3.63, 3.8) is 0 Å². The summed E-state index contributed by atoms with van der Waals surface area (Å²) >= 11 is 0. The Morgan fingerprint density at radius 3 is 2.09 bits per heavy atom. The van der Waals surface area contributed by atoms with Crippen LogP contribution in [-0.4, -0.2) is 69.1 Å². The summed E-state index contributed by atoms with van der Waals surface area (Å²) in [6, 6.07) is 0. The van der Waals surface area contributed by atoms with Gasteiger partial charge < -0.3 is 23.8 Å². The number of ether oxygens (including phenoxy) is 4. The van der Waals surface area contributed by atoms with Crippen LogP contribution in [0.15, 0.2) is 0 Å². The summed E-state index contributed by atoms with van der Waals surface area (Å²) in [6.45, 7) is 10.4. The van der Waals surface area contributed by atoms with Crippen molar-refractivity contribution in [3.8, 4) is 0 Å². The molecule has 5 atom stereocenters. The summed E-state index contributed by atoms with van der Waals surface area (Å²) in [6.07, 6.45) is 21.0. The topological polar surface area (TPSA) is 91.4 Å². The molecule has 1 saturated heterocycles. The predicted molar refractivity (Wildman–Crippen MR) is 181 cm³/mol. The Balaban J connectivity index is 1.40. The molecule has 3 aliphatic rings. The molecule has 3 fully saturated rings. The molecule has 0 amide bonds. The van der Waals surface area contributed by atoms with Crippen molar-refractivity contribution in [2.24, 2.45) is 29.1 Å². The molecule has 0 aromatic rings. The smallest absolute Gasteiger partial charge is 0.465 e. The Labute approximate surface area is 280 Å². The van der Waals surface area contributed by atoms with Crippen LogP contribution in [-0.2, 0) is 28.5 Å². The molecule has 46 heavy (non-hydrogen) atoms. The molecular weight excluding hydrogens is 582 g/mol. The molecular formula is C38H67NO7. The molecule has 3 rings (SSSR count). The Hall–Kier alpha value is -1.83. The van der Waals surface area contributed by atoms with E-state index in [9.17, 15) is 14.4 Å². The second-order valence-corrected chi connectivity index (χ2v) is 15.1. The van der Waals surface area contributed by atoms with E-state index in [0.717, 1.165) is 64.6 Å². The van der Waals surface area contributed by atoms with E-state index in [1.54, 1.807) is 0 Å². The van der Waals surface area contributed by atoms with Crippen LogP contribution >= 0.6 is 0 Å². The second-order valence-electron chi connectivity index (χ2n) is 15.1. The summed E-state index contributed by atoms with van der Waals surface area (Å²) < 4.78 is 22.1. The number of carbonyl (C=O) groups excluding carboxylic acids is 3. The quantitative estimate of drug-likeness (QED) is 0.0616. The third kappa shape index (κ3) is 15.4. The van der Waals surface area contributed by atoms with E-state index in [1.807, 2.05) is 0 Å². The number of hydrogen-bond donors (Lipinski definition) is 0. The highest BCUT2D eigenvalue weighted by atomic mass is 16.7. The lowest BCUT2D eigenvalue weighted by atomic mass is 9.55. The number of fused-ring (bicyclic) bond motifs is 2. The standard InChI is InChI=1S/C38H67NO7/c1-4-6-7-8-9-10-11-12-13-17-35(40)44-28-34(30-46-37(42)43-21-16-20-39-18-14-15-19-39)29-45-36(41)27-38-24-31(3)22-33(26-38)23-32(5-2)25-38/h31-34H,4-30H2,1-3H3/t31-,32+,33-,34?,38?/m0/s1. The molecule has 0 N–H and O–H groups in total. The fourth-order valence-corrected chi connectivity index (χ4v) is 8.46. The zero-order chi connectivity index (χ0) is 33.0. The predicted octanol–water partition coefficient (Wildman–Crippen LogP) is 8.88. The van der Waals surface area contributed by atoms with E-state index >= 15 is 0 Å². The molecule has 0 aromatic heterocycles. The van der Waals surface area contributed by atoms with Gasteiger partial charge >= 0.3 is 18.1 Å². The van der Waals surface area contributed by atoms with E-state index < -0.39 is 12.1 Å². The van der Waals surface area contributed by atoms with E-state index in [2.05, 4.69) is 25.7 Å². The third-order valence-electron chi connectivity index (χ3n) is 10.6. The van der Waals surface area contributed by atoms with Gasteiger partial charge in [0.2, 0.25) is 0 Å². The number of esters is 2. The Morgan fingerprint density at radius 2 is 1.39 bits per heavy atom. The number of rotatable bonds is 23. The normalized spacial score (nSPS) is 25.2. The molecule has 2 unspecified atom stereocenters. The van der Waals surface area contributed by atoms with E-state index in [1.165, 1.54) is 70.6 Å². The number of carbonyl (C=O) groups is 3. The van der Waals surface area contributed by atoms with Gasteiger partial charge in [0.15, 0.2) is 0 Å². The van der Waals surface area contributed by atoms with Crippen molar-refractivity contribution in [1.82, 2.24) is 4.90 Å². The van der Waals surface area contributed by atoms with Crippen LogP contribution in [0.4, 0.5) is 4.79 Å². The number of hydrogen-bond acceptors (Lipinski definition) is 8. The van der Waals surface area contributed by atoms with Gasteiger partial charge in [-0.3, -0.25) is 9.59 Å². The highest BCUT2D eigenvalue weighted by molar-refractivity contribution is 5.70. The number of likely N-dealkylation sites (tertiary alicyclic amines) is 1. The molecule has 2 saturated carbocycles. The van der Waals surface area contributed by atoms with Gasteiger partial charge in [-0.15, -0.1) is 0 Å². The van der Waals surface area contributed by atoms with Gasteiger partial charge in [0.05, 0.1) is 18.9 Å². The van der Waals surface area contributed by atoms with Gasteiger partial charge in [0, 0.05) is 13.0 Å². The first-order chi connectivity index (χ1) is 22.3. The third-order valence-corrected chi connectivity index (χ3v) is 10.6. The molecule has 2 aliphatic carbocycles. The summed E-state index contributed by atoms with van der Waals surface area (Å²) in [5.74, 6) is 1.16. The molecule has 0 aromatic carbocycles. The second kappa shape index (κ2) is 21.9. The molecule has 8 nitrogen and oxygen atoms in total. The van der Waals surface area contributed by atoms with Crippen molar-refractivity contribution in [1.29, 1.82) is 0 Å². The van der Waals surface area contributed by atoms with Crippen molar-refractivity contribution in [2.45, 2.75) is 149 Å². The van der Waals surface area contributed by atoms with Gasteiger partial charge in [-0.25, -0.2) is 4.79 Å². The lowest BCUT2D eigenvalue weighted by Gasteiger charge is -2.50. The van der Waals surface area contributed by atoms with Crippen LogP contribution in [0.5, 0.6) is 0 Å². The average molecular weight is 650 g/mol. The fourth-order valence-electron chi connectivity index (χ4n) is 8.46. The molecule has 0 radical (unpaired) electrons. The van der Waals surface area contributed by atoms with E-state index in [0.29, 0.717) is 37.2 Å². The Morgan fingerprint density at radius 1 is 0.739 bits per heavy atom. The number of nitrogens with zero attached hydrogens (tertiary/aromatic N) is 1. The maximum absolute atomic E-state index is 13.2. The molecule has 266 valence electrons. The minimum Gasteiger partial charge on any atom is -0.465 e. The first kappa shape index (κ1) is 38.6. The van der Waals surface area contributed by atoms with Crippen LogP contribution in [0.2, 0.25) is 0 Å². The summed E-state index contributed by atoms with van der Waals surface area (Å²) in [5.41, 5.74) is 0.0329. The zero-order valence-electron chi connectivity index (χ0n) is 29.7. The van der Waals surface area contributed by atoms with Crippen LogP contribution in [0, 0.1) is 29.1 Å². The summed E-state index contributed by atoms with van der Waals surface area (Å²) in [7, 11) is 0. The molecule has 1 aliphatic heterocycles. The minimum atomic E-state index is -0.729. The zero-order valence-corrected chi connectivity index (χ0v) is 29.7. The van der Waals surface area contributed by atoms with Crippen molar-refractivity contribution >= 4 is 18.1 Å². The lowest BCUT2D eigenvalue weighted by Crippen LogP contribution is -2.41. The van der Waals surface area contributed by atoms with Crippen molar-refractivity contribution in [3.05, 3.63) is 0 Å². The summed E-state index contributed by atoms with van der Waals surface area (Å²) in [5, 5.41) is 0. The fraction of sp³-hybridized carbons (Fsp3) is 0.921.